The maximum Gasteiger partial charge on any atom is 0.320 e. The lowest BCUT2D eigenvalue weighted by Gasteiger charge is -2.18. The first-order valence-corrected chi connectivity index (χ1v) is 8.90. The van der Waals surface area contributed by atoms with Gasteiger partial charge in [0.1, 0.15) is 5.75 Å². The van der Waals surface area contributed by atoms with E-state index >= 15 is 0 Å². The van der Waals surface area contributed by atoms with Crippen molar-refractivity contribution in [2.75, 3.05) is 11.9 Å². The third-order valence-corrected chi connectivity index (χ3v) is 4.09. The summed E-state index contributed by atoms with van der Waals surface area (Å²) in [6, 6.07) is 16.6. The van der Waals surface area contributed by atoms with Gasteiger partial charge >= 0.3 is 6.03 Å². The predicted octanol–water partition coefficient (Wildman–Crippen LogP) is 4.93. The highest BCUT2D eigenvalue weighted by Gasteiger charge is 2.16. The van der Waals surface area contributed by atoms with E-state index in [4.69, 9.17) is 9.26 Å². The molecule has 140 valence electrons. The Balaban J connectivity index is 1.66. The van der Waals surface area contributed by atoms with Crippen molar-refractivity contribution in [3.63, 3.8) is 0 Å². The zero-order valence-electron chi connectivity index (χ0n) is 15.7. The van der Waals surface area contributed by atoms with Crippen LogP contribution in [0.1, 0.15) is 31.0 Å². The number of urea groups is 1. The Hall–Kier alpha value is -3.28. The van der Waals surface area contributed by atoms with E-state index in [0.29, 0.717) is 18.2 Å². The van der Waals surface area contributed by atoms with Gasteiger partial charge in [-0.3, -0.25) is 5.32 Å². The SMILES string of the molecule is CCOc1ccc(C)cc1C(C)NC(=O)Nc1cc(-c2ccccc2)on1. The minimum atomic E-state index is -0.362. The van der Waals surface area contributed by atoms with Gasteiger partial charge in [-0.25, -0.2) is 4.79 Å². The molecule has 0 fully saturated rings. The summed E-state index contributed by atoms with van der Waals surface area (Å²) in [5.74, 6) is 1.72. The van der Waals surface area contributed by atoms with Crippen LogP contribution in [0.15, 0.2) is 59.1 Å². The van der Waals surface area contributed by atoms with Crippen LogP contribution in [0, 0.1) is 6.92 Å². The number of hydrogen-bond acceptors (Lipinski definition) is 4. The molecule has 0 aliphatic carbocycles. The van der Waals surface area contributed by atoms with Crippen LogP contribution in [0.2, 0.25) is 0 Å². The molecule has 2 amide bonds. The molecular formula is C21H23N3O3. The Morgan fingerprint density at radius 3 is 2.70 bits per heavy atom. The summed E-state index contributed by atoms with van der Waals surface area (Å²) in [5.41, 5.74) is 2.93. The summed E-state index contributed by atoms with van der Waals surface area (Å²) >= 11 is 0. The zero-order valence-corrected chi connectivity index (χ0v) is 15.7. The fourth-order valence-corrected chi connectivity index (χ4v) is 2.79. The lowest BCUT2D eigenvalue weighted by atomic mass is 10.0. The van der Waals surface area contributed by atoms with E-state index in [-0.39, 0.29) is 12.1 Å². The maximum atomic E-state index is 12.4. The third kappa shape index (κ3) is 4.67. The quantitative estimate of drug-likeness (QED) is 0.649. The van der Waals surface area contributed by atoms with Crippen molar-refractivity contribution in [1.82, 2.24) is 10.5 Å². The molecule has 3 rings (SSSR count). The van der Waals surface area contributed by atoms with Crippen molar-refractivity contribution >= 4 is 11.8 Å². The summed E-state index contributed by atoms with van der Waals surface area (Å²) in [4.78, 5) is 12.4. The molecule has 1 aromatic heterocycles. The molecule has 6 nitrogen and oxygen atoms in total. The van der Waals surface area contributed by atoms with Crippen molar-refractivity contribution in [3.05, 3.63) is 65.7 Å². The van der Waals surface area contributed by atoms with Crippen LogP contribution in [-0.4, -0.2) is 17.8 Å². The number of nitrogens with zero attached hydrogens (tertiary/aromatic N) is 1. The van der Waals surface area contributed by atoms with Crippen molar-refractivity contribution in [1.29, 1.82) is 0 Å². The van der Waals surface area contributed by atoms with E-state index in [1.54, 1.807) is 6.07 Å². The first kappa shape index (κ1) is 18.5. The van der Waals surface area contributed by atoms with Crippen LogP contribution in [0.25, 0.3) is 11.3 Å². The lowest BCUT2D eigenvalue weighted by molar-refractivity contribution is 0.248. The average molecular weight is 365 g/mol. The second-order valence-corrected chi connectivity index (χ2v) is 6.24. The normalized spacial score (nSPS) is 11.7. The molecule has 27 heavy (non-hydrogen) atoms. The number of aromatic nitrogens is 1. The molecule has 0 spiro atoms. The Bertz CT molecular complexity index is 906. The van der Waals surface area contributed by atoms with Gasteiger partial charge in [-0.1, -0.05) is 53.2 Å². The zero-order chi connectivity index (χ0) is 19.2. The van der Waals surface area contributed by atoms with E-state index in [1.807, 2.05) is 69.3 Å². The topological polar surface area (TPSA) is 76.4 Å². The summed E-state index contributed by atoms with van der Waals surface area (Å²) in [5, 5.41) is 9.51. The van der Waals surface area contributed by atoms with Gasteiger partial charge in [0, 0.05) is 17.2 Å². The Labute approximate surface area is 158 Å². The number of hydrogen-bond donors (Lipinski definition) is 2. The molecule has 3 aromatic rings. The number of ether oxygens (including phenoxy) is 1. The molecule has 1 atom stereocenters. The van der Waals surface area contributed by atoms with Gasteiger partial charge in [-0.2, -0.15) is 0 Å². The molecule has 0 saturated carbocycles. The molecule has 2 aromatic carbocycles. The van der Waals surface area contributed by atoms with Gasteiger partial charge in [0.2, 0.25) is 0 Å². The molecule has 0 radical (unpaired) electrons. The molecular weight excluding hydrogens is 342 g/mol. The number of rotatable bonds is 6. The molecule has 6 heteroatoms. The van der Waals surface area contributed by atoms with Crippen molar-refractivity contribution < 1.29 is 14.1 Å². The number of benzene rings is 2. The van der Waals surface area contributed by atoms with Crippen LogP contribution in [-0.2, 0) is 0 Å². The predicted molar refractivity (Wildman–Crippen MR) is 105 cm³/mol. The minimum Gasteiger partial charge on any atom is -0.494 e. The number of amides is 2. The lowest BCUT2D eigenvalue weighted by Crippen LogP contribution is -2.31. The van der Waals surface area contributed by atoms with Crippen LogP contribution in [0.3, 0.4) is 0 Å². The molecule has 2 N–H and O–H groups in total. The molecule has 1 unspecified atom stereocenters. The Kier molecular flexibility index (Phi) is 5.76. The largest absolute Gasteiger partial charge is 0.494 e. The fraction of sp³-hybridized carbons (Fsp3) is 0.238. The minimum absolute atomic E-state index is 0.230. The van der Waals surface area contributed by atoms with Crippen molar-refractivity contribution in [3.8, 4) is 17.1 Å². The van der Waals surface area contributed by atoms with Gasteiger partial charge in [-0.05, 0) is 26.8 Å². The second kappa shape index (κ2) is 8.40. The highest BCUT2D eigenvalue weighted by Crippen LogP contribution is 2.27. The van der Waals surface area contributed by atoms with Crippen LogP contribution < -0.4 is 15.4 Å². The maximum absolute atomic E-state index is 12.4. The van der Waals surface area contributed by atoms with Crippen LogP contribution in [0.5, 0.6) is 5.75 Å². The summed E-state index contributed by atoms with van der Waals surface area (Å²) in [6.07, 6.45) is 0. The van der Waals surface area contributed by atoms with E-state index in [9.17, 15) is 4.79 Å². The number of anilines is 1. The molecule has 0 aliphatic rings. The van der Waals surface area contributed by atoms with Crippen LogP contribution >= 0.6 is 0 Å². The van der Waals surface area contributed by atoms with Gasteiger partial charge in [0.05, 0.1) is 12.6 Å². The van der Waals surface area contributed by atoms with E-state index in [1.165, 1.54) is 0 Å². The Morgan fingerprint density at radius 2 is 1.96 bits per heavy atom. The monoisotopic (exact) mass is 365 g/mol. The first-order valence-electron chi connectivity index (χ1n) is 8.90. The summed E-state index contributed by atoms with van der Waals surface area (Å²) < 4.78 is 11.0. The van der Waals surface area contributed by atoms with Crippen molar-refractivity contribution in [2.24, 2.45) is 0 Å². The Morgan fingerprint density at radius 1 is 1.19 bits per heavy atom. The van der Waals surface area contributed by atoms with E-state index < -0.39 is 0 Å². The van der Waals surface area contributed by atoms with Gasteiger partial charge in [-0.15, -0.1) is 0 Å². The molecule has 0 bridgehead atoms. The third-order valence-electron chi connectivity index (χ3n) is 4.09. The second-order valence-electron chi connectivity index (χ2n) is 6.24. The summed E-state index contributed by atoms with van der Waals surface area (Å²) in [6.45, 7) is 6.42. The number of carbonyl (C=O) groups is 1. The molecule has 0 saturated heterocycles. The van der Waals surface area contributed by atoms with Gasteiger partial charge in [0.15, 0.2) is 11.6 Å². The van der Waals surface area contributed by atoms with Gasteiger partial charge in [0.25, 0.3) is 0 Å². The molecule has 1 heterocycles. The smallest absolute Gasteiger partial charge is 0.320 e. The van der Waals surface area contributed by atoms with Crippen LogP contribution in [0.4, 0.5) is 10.6 Å². The average Bonchev–Trinajstić information content (AvgIpc) is 3.12. The highest BCUT2D eigenvalue weighted by molar-refractivity contribution is 5.89. The fourth-order valence-electron chi connectivity index (χ4n) is 2.79. The van der Waals surface area contributed by atoms with Crippen molar-refractivity contribution in [2.45, 2.75) is 26.8 Å². The van der Waals surface area contributed by atoms with E-state index in [2.05, 4.69) is 15.8 Å². The molecule has 0 aliphatic heterocycles. The first-order chi connectivity index (χ1) is 13.1. The van der Waals surface area contributed by atoms with E-state index in [0.717, 1.165) is 22.4 Å². The van der Waals surface area contributed by atoms with Gasteiger partial charge < -0.3 is 14.6 Å². The standard InChI is InChI=1S/C21H23N3O3/c1-4-26-18-11-10-14(2)12-17(18)15(3)22-21(25)23-20-13-19(27-24-20)16-8-6-5-7-9-16/h5-13,15H,4H2,1-3H3,(H2,22,23,24,25). The highest BCUT2D eigenvalue weighted by atomic mass is 16.5. The number of carbonyl (C=O) groups excluding carboxylic acids is 1. The summed E-state index contributed by atoms with van der Waals surface area (Å²) in [7, 11) is 0. The number of nitrogens with one attached hydrogen (secondary N) is 2. The number of aryl methyl sites for hydroxylation is 1.